The van der Waals surface area contributed by atoms with Gasteiger partial charge < -0.3 is 20.7 Å². The Bertz CT molecular complexity index is 491. The Labute approximate surface area is 157 Å². The number of nitrogens with one attached hydrogen (secondary N) is 3. The Morgan fingerprint density at radius 3 is 1.77 bits per heavy atom. The van der Waals surface area contributed by atoms with Crippen molar-refractivity contribution < 1.29 is 4.74 Å². The molecule has 0 saturated heterocycles. The van der Waals surface area contributed by atoms with E-state index in [4.69, 9.17) is 4.74 Å². The Kier molecular flexibility index (Phi) is 7.73. The molecule has 1 heterocycles. The molecule has 146 valence electrons. The van der Waals surface area contributed by atoms with Gasteiger partial charge >= 0.3 is 0 Å². The topological polar surface area (TPSA) is 84.0 Å². The molecular weight excluding hydrogens is 328 g/mol. The van der Waals surface area contributed by atoms with Gasteiger partial charge in [-0.3, -0.25) is 0 Å². The van der Waals surface area contributed by atoms with Crippen molar-refractivity contribution >= 4 is 17.8 Å². The monoisotopic (exact) mass is 362 g/mol. The molecule has 7 nitrogen and oxygen atoms in total. The second-order valence-electron chi connectivity index (χ2n) is 7.54. The first-order valence-corrected chi connectivity index (χ1v) is 10.4. The second kappa shape index (κ2) is 10.5. The lowest BCUT2D eigenvalue weighted by Gasteiger charge is -2.25. The van der Waals surface area contributed by atoms with Gasteiger partial charge in [-0.2, -0.15) is 15.0 Å². The molecule has 0 radical (unpaired) electrons. The van der Waals surface area contributed by atoms with E-state index in [1.54, 1.807) is 7.11 Å². The van der Waals surface area contributed by atoms with E-state index in [2.05, 4.69) is 30.9 Å². The van der Waals surface area contributed by atoms with Crippen molar-refractivity contribution in [1.82, 2.24) is 15.0 Å². The third-order valence-corrected chi connectivity index (χ3v) is 5.32. The van der Waals surface area contributed by atoms with Crippen molar-refractivity contribution in [3.05, 3.63) is 0 Å². The van der Waals surface area contributed by atoms with E-state index in [1.165, 1.54) is 64.2 Å². The smallest absolute Gasteiger partial charge is 0.229 e. The van der Waals surface area contributed by atoms with Crippen LogP contribution in [0.1, 0.15) is 70.6 Å². The predicted molar refractivity (Wildman–Crippen MR) is 106 cm³/mol. The van der Waals surface area contributed by atoms with Crippen LogP contribution < -0.4 is 16.0 Å². The van der Waals surface area contributed by atoms with E-state index in [0.717, 1.165) is 19.6 Å². The van der Waals surface area contributed by atoms with Crippen LogP contribution in [-0.4, -0.2) is 47.3 Å². The van der Waals surface area contributed by atoms with E-state index in [1.807, 2.05) is 0 Å². The van der Waals surface area contributed by atoms with E-state index in [0.29, 0.717) is 29.9 Å². The van der Waals surface area contributed by atoms with Gasteiger partial charge in [0.2, 0.25) is 17.8 Å². The first-order chi connectivity index (χ1) is 12.8. The Balaban J connectivity index is 1.65. The second-order valence-corrected chi connectivity index (χ2v) is 7.54. The summed E-state index contributed by atoms with van der Waals surface area (Å²) < 4.78 is 5.11. The number of rotatable bonds is 9. The van der Waals surface area contributed by atoms with Gasteiger partial charge in [0, 0.05) is 32.3 Å². The van der Waals surface area contributed by atoms with Crippen LogP contribution in [0.25, 0.3) is 0 Å². The van der Waals surface area contributed by atoms with Gasteiger partial charge in [-0.05, 0) is 32.1 Å². The molecule has 7 heteroatoms. The molecule has 1 aromatic rings. The maximum absolute atomic E-state index is 5.11. The third-order valence-electron chi connectivity index (χ3n) is 5.32. The van der Waals surface area contributed by atoms with E-state index in [-0.39, 0.29) is 0 Å². The van der Waals surface area contributed by atoms with Gasteiger partial charge in [0.05, 0.1) is 0 Å². The summed E-state index contributed by atoms with van der Waals surface area (Å²) in [6.45, 7) is 1.53. The fraction of sp³-hybridized carbons (Fsp3) is 0.842. The highest BCUT2D eigenvalue weighted by Gasteiger charge is 2.18. The van der Waals surface area contributed by atoms with Gasteiger partial charge in [-0.25, -0.2) is 0 Å². The number of ether oxygens (including phenoxy) is 1. The molecule has 3 rings (SSSR count). The van der Waals surface area contributed by atoms with Gasteiger partial charge in [0.15, 0.2) is 0 Å². The molecule has 0 spiro atoms. The van der Waals surface area contributed by atoms with Gasteiger partial charge in [-0.15, -0.1) is 0 Å². The minimum absolute atomic E-state index is 0.482. The van der Waals surface area contributed by atoms with Crippen LogP contribution in [0.15, 0.2) is 0 Å². The molecule has 0 aliphatic heterocycles. The highest BCUT2D eigenvalue weighted by atomic mass is 16.5. The SMILES string of the molecule is COCCCNc1nc(NC2CCCCC2)nc(NC2CCCCC2)n1. The van der Waals surface area contributed by atoms with Gasteiger partial charge in [0.25, 0.3) is 0 Å². The summed E-state index contributed by atoms with van der Waals surface area (Å²) in [5, 5.41) is 10.4. The average molecular weight is 363 g/mol. The molecule has 2 saturated carbocycles. The first-order valence-electron chi connectivity index (χ1n) is 10.4. The van der Waals surface area contributed by atoms with E-state index in [9.17, 15) is 0 Å². The number of nitrogens with zero attached hydrogens (tertiary/aromatic N) is 3. The zero-order chi connectivity index (χ0) is 18.0. The maximum atomic E-state index is 5.11. The molecule has 2 aliphatic carbocycles. The zero-order valence-corrected chi connectivity index (χ0v) is 16.1. The number of methoxy groups -OCH3 is 1. The molecule has 3 N–H and O–H groups in total. The highest BCUT2D eigenvalue weighted by Crippen LogP contribution is 2.23. The van der Waals surface area contributed by atoms with Crippen molar-refractivity contribution in [1.29, 1.82) is 0 Å². The van der Waals surface area contributed by atoms with Crippen LogP contribution in [0.4, 0.5) is 17.8 Å². The van der Waals surface area contributed by atoms with Crippen LogP contribution in [0.2, 0.25) is 0 Å². The summed E-state index contributed by atoms with van der Waals surface area (Å²) in [5.41, 5.74) is 0. The fourth-order valence-corrected chi connectivity index (χ4v) is 3.86. The maximum Gasteiger partial charge on any atom is 0.229 e. The standard InChI is InChI=1S/C19H34N6O/c1-26-14-8-13-20-17-23-18(21-15-9-4-2-5-10-15)25-19(24-17)22-16-11-6-3-7-12-16/h15-16H,2-14H2,1H3,(H3,20,21,22,23,24,25). The van der Waals surface area contributed by atoms with Crippen LogP contribution >= 0.6 is 0 Å². The van der Waals surface area contributed by atoms with Crippen molar-refractivity contribution in [2.24, 2.45) is 0 Å². The molecule has 2 aliphatic rings. The lowest BCUT2D eigenvalue weighted by atomic mass is 9.96. The largest absolute Gasteiger partial charge is 0.385 e. The molecule has 1 aromatic heterocycles. The molecule has 0 atom stereocenters. The molecule has 26 heavy (non-hydrogen) atoms. The minimum Gasteiger partial charge on any atom is -0.385 e. The molecule has 0 unspecified atom stereocenters. The first kappa shape index (κ1) is 19.1. The van der Waals surface area contributed by atoms with Gasteiger partial charge in [0.1, 0.15) is 0 Å². The molecule has 0 amide bonds. The lowest BCUT2D eigenvalue weighted by molar-refractivity contribution is 0.197. The van der Waals surface area contributed by atoms with Crippen LogP contribution in [-0.2, 0) is 4.74 Å². The van der Waals surface area contributed by atoms with E-state index >= 15 is 0 Å². The number of anilines is 3. The normalized spacial score (nSPS) is 19.3. The van der Waals surface area contributed by atoms with Crippen molar-refractivity contribution in [3.8, 4) is 0 Å². The third kappa shape index (κ3) is 6.27. The van der Waals surface area contributed by atoms with Crippen LogP contribution in [0, 0.1) is 0 Å². The number of hydrogen-bond donors (Lipinski definition) is 3. The van der Waals surface area contributed by atoms with Crippen molar-refractivity contribution in [2.75, 3.05) is 36.2 Å². The minimum atomic E-state index is 0.482. The molecule has 2 fully saturated rings. The molecule has 0 aromatic carbocycles. The quantitative estimate of drug-likeness (QED) is 0.576. The lowest BCUT2D eigenvalue weighted by Crippen LogP contribution is -2.26. The van der Waals surface area contributed by atoms with Crippen LogP contribution in [0.3, 0.4) is 0 Å². The number of aromatic nitrogens is 3. The van der Waals surface area contributed by atoms with Crippen LogP contribution in [0.5, 0.6) is 0 Å². The molecule has 0 bridgehead atoms. The van der Waals surface area contributed by atoms with E-state index < -0.39 is 0 Å². The fourth-order valence-electron chi connectivity index (χ4n) is 3.86. The summed E-state index contributed by atoms with van der Waals surface area (Å²) >= 11 is 0. The Hall–Kier alpha value is -1.63. The highest BCUT2D eigenvalue weighted by molar-refractivity contribution is 5.43. The summed E-state index contributed by atoms with van der Waals surface area (Å²) in [7, 11) is 1.72. The van der Waals surface area contributed by atoms with Gasteiger partial charge in [-0.1, -0.05) is 38.5 Å². The average Bonchev–Trinajstić information content (AvgIpc) is 2.67. The summed E-state index contributed by atoms with van der Waals surface area (Å²) in [4.78, 5) is 13.8. The Morgan fingerprint density at radius 1 is 0.769 bits per heavy atom. The predicted octanol–water partition coefficient (Wildman–Crippen LogP) is 3.81. The zero-order valence-electron chi connectivity index (χ0n) is 16.1. The summed E-state index contributed by atoms with van der Waals surface area (Å²) in [6, 6.07) is 0.963. The number of hydrogen-bond acceptors (Lipinski definition) is 7. The summed E-state index contributed by atoms with van der Waals surface area (Å²) in [6.07, 6.45) is 13.6. The Morgan fingerprint density at radius 2 is 1.27 bits per heavy atom. The van der Waals surface area contributed by atoms with Crippen molar-refractivity contribution in [2.45, 2.75) is 82.7 Å². The molecular formula is C19H34N6O. The van der Waals surface area contributed by atoms with Crippen molar-refractivity contribution in [3.63, 3.8) is 0 Å². The summed E-state index contributed by atoms with van der Waals surface area (Å²) in [5.74, 6) is 2.03.